The number of benzene rings is 1. The summed E-state index contributed by atoms with van der Waals surface area (Å²) in [5.74, 6) is -1.58. The second kappa shape index (κ2) is 6.56. The highest BCUT2D eigenvalue weighted by molar-refractivity contribution is 9.10. The molecule has 8 heteroatoms. The number of alkyl halides is 4. The minimum atomic E-state index is -4.52. The van der Waals surface area contributed by atoms with Crippen molar-refractivity contribution in [2.45, 2.75) is 6.18 Å². The maximum Gasteiger partial charge on any atom is 0.406 e. The van der Waals surface area contributed by atoms with Gasteiger partial charge in [0.1, 0.15) is 12.4 Å². The lowest BCUT2D eigenvalue weighted by Gasteiger charge is -2.23. The van der Waals surface area contributed by atoms with Crippen LogP contribution in [-0.4, -0.2) is 36.0 Å². The molecule has 1 amide bonds. The van der Waals surface area contributed by atoms with Gasteiger partial charge in [0.05, 0.1) is 5.56 Å². The third-order valence-electron chi connectivity index (χ3n) is 2.17. The predicted molar refractivity (Wildman–Crippen MR) is 66.8 cm³/mol. The second-order valence-electron chi connectivity index (χ2n) is 3.66. The molecule has 0 saturated heterocycles. The van der Waals surface area contributed by atoms with Gasteiger partial charge in [0.25, 0.3) is 5.91 Å². The number of hydrogen-bond donors (Lipinski definition) is 0. The van der Waals surface area contributed by atoms with Crippen molar-refractivity contribution in [2.24, 2.45) is 0 Å². The first-order valence-electron chi connectivity index (χ1n) is 5.11. The van der Waals surface area contributed by atoms with Crippen LogP contribution in [0.2, 0.25) is 0 Å². The van der Waals surface area contributed by atoms with Crippen molar-refractivity contribution in [3.05, 3.63) is 34.1 Å². The topological polar surface area (TPSA) is 20.3 Å². The zero-order valence-electron chi connectivity index (χ0n) is 9.48. The molecule has 0 atom stereocenters. The normalized spacial score (nSPS) is 11.5. The first-order chi connectivity index (χ1) is 8.74. The number of amides is 1. The molecule has 0 N–H and O–H groups in total. The Labute approximate surface area is 120 Å². The third-order valence-corrected chi connectivity index (χ3v) is 3.00. The maximum absolute atomic E-state index is 12.9. The second-order valence-corrected chi connectivity index (χ2v) is 4.89. The molecule has 106 valence electrons. The molecule has 0 saturated carbocycles. The van der Waals surface area contributed by atoms with E-state index in [9.17, 15) is 22.4 Å². The fraction of sp³-hybridized carbons (Fsp3) is 0.364. The van der Waals surface area contributed by atoms with Crippen molar-refractivity contribution in [1.82, 2.24) is 4.90 Å². The average molecular weight is 363 g/mol. The van der Waals surface area contributed by atoms with Crippen molar-refractivity contribution >= 4 is 33.4 Å². The van der Waals surface area contributed by atoms with Gasteiger partial charge in [0.2, 0.25) is 0 Å². The SMILES string of the molecule is O=C(c1ccc(F)cc1Br)N(CCCl)CC(F)(F)F. The summed E-state index contributed by atoms with van der Waals surface area (Å²) in [6, 6.07) is 3.14. The number of carbonyl (C=O) groups is 1. The van der Waals surface area contributed by atoms with Crippen LogP contribution in [0, 0.1) is 5.82 Å². The van der Waals surface area contributed by atoms with Crippen LogP contribution in [0.15, 0.2) is 22.7 Å². The molecule has 0 aliphatic heterocycles. The predicted octanol–water partition coefficient (Wildman–Crippen LogP) is 3.83. The molecule has 1 aromatic rings. The van der Waals surface area contributed by atoms with Crippen LogP contribution in [0.5, 0.6) is 0 Å². The Hall–Kier alpha value is -0.820. The fourth-order valence-corrected chi connectivity index (χ4v) is 2.13. The highest BCUT2D eigenvalue weighted by atomic mass is 79.9. The van der Waals surface area contributed by atoms with E-state index in [4.69, 9.17) is 11.6 Å². The molecule has 1 rings (SSSR count). The van der Waals surface area contributed by atoms with Crippen molar-refractivity contribution in [1.29, 1.82) is 0 Å². The van der Waals surface area contributed by atoms with Crippen LogP contribution in [-0.2, 0) is 0 Å². The average Bonchev–Trinajstić information content (AvgIpc) is 2.26. The summed E-state index contributed by atoms with van der Waals surface area (Å²) < 4.78 is 50.1. The molecule has 0 radical (unpaired) electrons. The molecule has 0 fully saturated rings. The number of nitrogens with zero attached hydrogens (tertiary/aromatic N) is 1. The van der Waals surface area contributed by atoms with Gasteiger partial charge >= 0.3 is 6.18 Å². The minimum absolute atomic E-state index is 0.0456. The van der Waals surface area contributed by atoms with Crippen LogP contribution >= 0.6 is 27.5 Å². The highest BCUT2D eigenvalue weighted by Crippen LogP contribution is 2.22. The Balaban J connectivity index is 2.99. The quantitative estimate of drug-likeness (QED) is 0.589. The van der Waals surface area contributed by atoms with E-state index in [-0.39, 0.29) is 22.5 Å². The van der Waals surface area contributed by atoms with Crippen molar-refractivity contribution in [3.63, 3.8) is 0 Å². The van der Waals surface area contributed by atoms with E-state index in [1.54, 1.807) is 0 Å². The van der Waals surface area contributed by atoms with Gasteiger partial charge in [-0.3, -0.25) is 4.79 Å². The molecule has 19 heavy (non-hydrogen) atoms. The molecule has 0 aromatic heterocycles. The molecule has 0 aliphatic carbocycles. The standard InChI is InChI=1S/C11H9BrClF4NO/c12-9-5-7(14)1-2-8(9)10(19)18(4-3-13)6-11(15,16)17/h1-2,5H,3-4,6H2. The summed E-state index contributed by atoms with van der Waals surface area (Å²) in [5, 5.41) is 0. The van der Waals surface area contributed by atoms with Crippen LogP contribution in [0.3, 0.4) is 0 Å². The van der Waals surface area contributed by atoms with Gasteiger partial charge in [-0.1, -0.05) is 0 Å². The first-order valence-corrected chi connectivity index (χ1v) is 6.44. The van der Waals surface area contributed by atoms with E-state index in [1.165, 1.54) is 0 Å². The summed E-state index contributed by atoms with van der Waals surface area (Å²) in [4.78, 5) is 12.5. The molecular weight excluding hydrogens is 353 g/mol. The van der Waals surface area contributed by atoms with E-state index in [2.05, 4.69) is 15.9 Å². The summed E-state index contributed by atoms with van der Waals surface area (Å²) in [7, 11) is 0. The summed E-state index contributed by atoms with van der Waals surface area (Å²) in [6.07, 6.45) is -4.52. The number of carbonyl (C=O) groups excluding carboxylic acids is 1. The lowest BCUT2D eigenvalue weighted by molar-refractivity contribution is -0.140. The molecule has 0 spiro atoms. The van der Waals surface area contributed by atoms with Gasteiger partial charge in [-0.05, 0) is 34.1 Å². The Bertz CT molecular complexity index is 466. The number of hydrogen-bond acceptors (Lipinski definition) is 1. The molecule has 0 bridgehead atoms. The van der Waals surface area contributed by atoms with Crippen LogP contribution in [0.1, 0.15) is 10.4 Å². The third kappa shape index (κ3) is 4.99. The zero-order chi connectivity index (χ0) is 14.6. The van der Waals surface area contributed by atoms with E-state index in [0.29, 0.717) is 4.90 Å². The highest BCUT2D eigenvalue weighted by Gasteiger charge is 2.33. The summed E-state index contributed by atoms with van der Waals surface area (Å²) in [5.41, 5.74) is -0.0456. The van der Waals surface area contributed by atoms with Crippen molar-refractivity contribution in [2.75, 3.05) is 19.0 Å². The summed E-state index contributed by atoms with van der Waals surface area (Å²) in [6.45, 7) is -1.65. The van der Waals surface area contributed by atoms with Crippen LogP contribution in [0.25, 0.3) is 0 Å². The number of halogens is 6. The zero-order valence-corrected chi connectivity index (χ0v) is 11.8. The molecule has 0 unspecified atom stereocenters. The van der Waals surface area contributed by atoms with Gasteiger partial charge in [0, 0.05) is 16.9 Å². The molecular formula is C11H9BrClF4NO. The van der Waals surface area contributed by atoms with E-state index < -0.39 is 24.4 Å². The van der Waals surface area contributed by atoms with Crippen LogP contribution in [0.4, 0.5) is 17.6 Å². The van der Waals surface area contributed by atoms with E-state index >= 15 is 0 Å². The Kier molecular flexibility index (Phi) is 5.61. The van der Waals surface area contributed by atoms with Crippen molar-refractivity contribution in [3.8, 4) is 0 Å². The first kappa shape index (κ1) is 16.2. The summed E-state index contributed by atoms with van der Waals surface area (Å²) >= 11 is 8.33. The smallest absolute Gasteiger partial charge is 0.328 e. The Morgan fingerprint density at radius 1 is 1.37 bits per heavy atom. The van der Waals surface area contributed by atoms with Gasteiger partial charge in [-0.2, -0.15) is 13.2 Å². The Morgan fingerprint density at radius 2 is 2.00 bits per heavy atom. The molecule has 2 nitrogen and oxygen atoms in total. The molecule has 0 heterocycles. The monoisotopic (exact) mass is 361 g/mol. The van der Waals surface area contributed by atoms with E-state index in [1.807, 2.05) is 0 Å². The molecule has 1 aromatic carbocycles. The van der Waals surface area contributed by atoms with Gasteiger partial charge in [0.15, 0.2) is 0 Å². The lowest BCUT2D eigenvalue weighted by atomic mass is 10.2. The van der Waals surface area contributed by atoms with Gasteiger partial charge in [-0.25, -0.2) is 4.39 Å². The molecule has 0 aliphatic rings. The minimum Gasteiger partial charge on any atom is -0.328 e. The maximum atomic E-state index is 12.9. The number of rotatable bonds is 4. The lowest BCUT2D eigenvalue weighted by Crippen LogP contribution is -2.40. The van der Waals surface area contributed by atoms with Crippen molar-refractivity contribution < 1.29 is 22.4 Å². The van der Waals surface area contributed by atoms with Gasteiger partial charge < -0.3 is 4.90 Å². The van der Waals surface area contributed by atoms with Gasteiger partial charge in [-0.15, -0.1) is 11.6 Å². The Morgan fingerprint density at radius 3 is 2.47 bits per heavy atom. The fourth-order valence-electron chi connectivity index (χ4n) is 1.40. The largest absolute Gasteiger partial charge is 0.406 e. The van der Waals surface area contributed by atoms with E-state index in [0.717, 1.165) is 18.2 Å². The van der Waals surface area contributed by atoms with Crippen LogP contribution < -0.4 is 0 Å².